The summed E-state index contributed by atoms with van der Waals surface area (Å²) in [6.45, 7) is 10.0. The molecule has 1 fully saturated rings. The van der Waals surface area contributed by atoms with Crippen LogP contribution in [0.4, 0.5) is 0 Å². The lowest BCUT2D eigenvalue weighted by Crippen LogP contribution is -2.41. The van der Waals surface area contributed by atoms with Crippen LogP contribution < -0.4 is 11.2 Å². The number of amides is 1. The van der Waals surface area contributed by atoms with E-state index < -0.39 is 24.2 Å². The fourth-order valence-electron chi connectivity index (χ4n) is 2.80. The van der Waals surface area contributed by atoms with Gasteiger partial charge in [0.1, 0.15) is 0 Å². The molecule has 0 unspecified atom stereocenters. The highest BCUT2D eigenvalue weighted by Gasteiger charge is 2.51. The van der Waals surface area contributed by atoms with E-state index in [1.807, 2.05) is 58.9 Å². The Morgan fingerprint density at radius 2 is 1.72 bits per heavy atom. The number of rotatable bonds is 3. The molecule has 0 spiro atoms. The van der Waals surface area contributed by atoms with Crippen molar-refractivity contribution in [1.29, 1.82) is 0 Å². The van der Waals surface area contributed by atoms with Gasteiger partial charge in [-0.3, -0.25) is 9.78 Å². The van der Waals surface area contributed by atoms with Gasteiger partial charge in [-0.05, 0) is 63.8 Å². The van der Waals surface area contributed by atoms with Gasteiger partial charge in [0.25, 0.3) is 0 Å². The van der Waals surface area contributed by atoms with Gasteiger partial charge in [0.2, 0.25) is 5.91 Å². The first-order valence-electron chi connectivity index (χ1n) is 8.33. The molecule has 2 N–H and O–H groups in total. The van der Waals surface area contributed by atoms with Crippen LogP contribution in [0.15, 0.2) is 36.5 Å². The number of nitrogens with two attached hydrogens (primary N) is 1. The van der Waals surface area contributed by atoms with Crippen LogP contribution >= 0.6 is 0 Å². The SMILES string of the molecule is Cc1ccnc(-c2cc(B3OC(C)(C)C(C)(C)O3)ccc2C(N)=O)c1. The molecule has 0 atom stereocenters. The topological polar surface area (TPSA) is 74.4 Å². The number of aromatic nitrogens is 1. The lowest BCUT2D eigenvalue weighted by Gasteiger charge is -2.32. The minimum absolute atomic E-state index is 0.429. The van der Waals surface area contributed by atoms with E-state index in [2.05, 4.69) is 4.98 Å². The summed E-state index contributed by atoms with van der Waals surface area (Å²) in [4.78, 5) is 16.2. The van der Waals surface area contributed by atoms with Crippen molar-refractivity contribution in [2.24, 2.45) is 5.73 Å². The van der Waals surface area contributed by atoms with Gasteiger partial charge in [-0.1, -0.05) is 12.1 Å². The molecule has 1 aliphatic heterocycles. The second-order valence-electron chi connectivity index (χ2n) is 7.48. The van der Waals surface area contributed by atoms with Gasteiger partial charge in [0.05, 0.1) is 16.9 Å². The molecule has 1 saturated heterocycles. The second kappa shape index (κ2) is 5.97. The van der Waals surface area contributed by atoms with Gasteiger partial charge in [0.15, 0.2) is 0 Å². The lowest BCUT2D eigenvalue weighted by atomic mass is 9.77. The Labute approximate surface area is 148 Å². The van der Waals surface area contributed by atoms with E-state index in [1.165, 1.54) is 0 Å². The highest BCUT2D eigenvalue weighted by atomic mass is 16.7. The van der Waals surface area contributed by atoms with Gasteiger partial charge in [-0.15, -0.1) is 0 Å². The Morgan fingerprint density at radius 1 is 1.08 bits per heavy atom. The summed E-state index contributed by atoms with van der Waals surface area (Å²) in [5.74, 6) is -0.487. The molecule has 0 aliphatic carbocycles. The van der Waals surface area contributed by atoms with E-state index in [4.69, 9.17) is 15.0 Å². The van der Waals surface area contributed by atoms with Crippen LogP contribution in [0.1, 0.15) is 43.6 Å². The van der Waals surface area contributed by atoms with E-state index in [-0.39, 0.29) is 0 Å². The number of primary amides is 1. The van der Waals surface area contributed by atoms with E-state index in [0.717, 1.165) is 11.0 Å². The number of hydrogen-bond donors (Lipinski definition) is 1. The van der Waals surface area contributed by atoms with Crippen molar-refractivity contribution in [1.82, 2.24) is 4.98 Å². The molecule has 130 valence electrons. The van der Waals surface area contributed by atoms with Gasteiger partial charge >= 0.3 is 7.12 Å². The predicted molar refractivity (Wildman–Crippen MR) is 98.6 cm³/mol. The molecular weight excluding hydrogens is 315 g/mol. The monoisotopic (exact) mass is 338 g/mol. The summed E-state index contributed by atoms with van der Waals surface area (Å²) < 4.78 is 12.2. The fraction of sp³-hybridized carbons (Fsp3) is 0.368. The van der Waals surface area contributed by atoms with Gasteiger partial charge in [0, 0.05) is 17.3 Å². The first kappa shape index (κ1) is 17.6. The molecule has 0 radical (unpaired) electrons. The zero-order valence-electron chi connectivity index (χ0n) is 15.3. The first-order chi connectivity index (χ1) is 11.6. The molecule has 3 rings (SSSR count). The van der Waals surface area contributed by atoms with E-state index >= 15 is 0 Å². The minimum Gasteiger partial charge on any atom is -0.399 e. The summed E-state index contributed by atoms with van der Waals surface area (Å²) in [6, 6.07) is 9.24. The number of benzene rings is 1. The van der Waals surface area contributed by atoms with Crippen LogP contribution in [0.25, 0.3) is 11.3 Å². The van der Waals surface area contributed by atoms with Gasteiger partial charge in [-0.25, -0.2) is 0 Å². The van der Waals surface area contributed by atoms with E-state index in [9.17, 15) is 4.79 Å². The van der Waals surface area contributed by atoms with Crippen molar-refractivity contribution >= 4 is 18.5 Å². The first-order valence-corrected chi connectivity index (χ1v) is 8.33. The van der Waals surface area contributed by atoms with Crippen LogP contribution in [0.3, 0.4) is 0 Å². The average Bonchev–Trinajstić information content (AvgIpc) is 2.75. The normalized spacial score (nSPS) is 18.4. The van der Waals surface area contributed by atoms with Crippen LogP contribution in [0.5, 0.6) is 0 Å². The summed E-state index contributed by atoms with van der Waals surface area (Å²) in [6.07, 6.45) is 1.72. The average molecular weight is 338 g/mol. The number of nitrogens with zero attached hydrogens (tertiary/aromatic N) is 1. The standard InChI is InChI=1S/C19H23BN2O3/c1-12-8-9-22-16(10-12)15-11-13(6-7-14(15)17(21)23)20-24-18(2,3)19(4,5)25-20/h6-11H,1-5H3,(H2,21,23). The Hall–Kier alpha value is -2.18. The number of hydrogen-bond acceptors (Lipinski definition) is 4. The summed E-state index contributed by atoms with van der Waals surface area (Å²) in [7, 11) is -0.504. The molecule has 1 aliphatic rings. The van der Waals surface area contributed by atoms with Crippen molar-refractivity contribution in [2.75, 3.05) is 0 Å². The number of pyridine rings is 1. The minimum atomic E-state index is -0.504. The van der Waals surface area contributed by atoms with Crippen LogP contribution in [-0.4, -0.2) is 29.2 Å². The molecule has 1 aromatic carbocycles. The zero-order valence-corrected chi connectivity index (χ0v) is 15.3. The van der Waals surface area contributed by atoms with Crippen LogP contribution in [-0.2, 0) is 9.31 Å². The molecular formula is C19H23BN2O3. The number of carbonyl (C=O) groups is 1. The molecule has 2 heterocycles. The van der Waals surface area contributed by atoms with Gasteiger partial charge in [-0.2, -0.15) is 0 Å². The third-order valence-electron chi connectivity index (χ3n) is 5.03. The van der Waals surface area contributed by atoms with Gasteiger partial charge < -0.3 is 15.0 Å². The smallest absolute Gasteiger partial charge is 0.399 e. The molecule has 1 aromatic heterocycles. The quantitative estimate of drug-likeness (QED) is 0.873. The Kier molecular flexibility index (Phi) is 4.21. The van der Waals surface area contributed by atoms with Crippen molar-refractivity contribution in [3.05, 3.63) is 47.7 Å². The largest absolute Gasteiger partial charge is 0.494 e. The lowest BCUT2D eigenvalue weighted by molar-refractivity contribution is 0.00578. The highest BCUT2D eigenvalue weighted by molar-refractivity contribution is 6.62. The zero-order chi connectivity index (χ0) is 18.4. The maximum atomic E-state index is 11.9. The van der Waals surface area contributed by atoms with Crippen molar-refractivity contribution in [3.63, 3.8) is 0 Å². The molecule has 1 amide bonds. The van der Waals surface area contributed by atoms with Crippen molar-refractivity contribution < 1.29 is 14.1 Å². The van der Waals surface area contributed by atoms with Crippen LogP contribution in [0, 0.1) is 6.92 Å². The van der Waals surface area contributed by atoms with E-state index in [1.54, 1.807) is 12.3 Å². The molecule has 6 heteroatoms. The van der Waals surface area contributed by atoms with E-state index in [0.29, 0.717) is 16.8 Å². The third-order valence-corrected chi connectivity index (χ3v) is 5.03. The van der Waals surface area contributed by atoms with Crippen molar-refractivity contribution in [2.45, 2.75) is 45.8 Å². The second-order valence-corrected chi connectivity index (χ2v) is 7.48. The summed E-state index contributed by atoms with van der Waals surface area (Å²) >= 11 is 0. The maximum absolute atomic E-state index is 11.9. The molecule has 2 aromatic rings. The Morgan fingerprint density at radius 3 is 2.28 bits per heavy atom. The molecule has 5 nitrogen and oxygen atoms in total. The number of carbonyl (C=O) groups excluding carboxylic acids is 1. The molecule has 0 saturated carbocycles. The van der Waals surface area contributed by atoms with Crippen LogP contribution in [0.2, 0.25) is 0 Å². The fourth-order valence-corrected chi connectivity index (χ4v) is 2.80. The molecule has 25 heavy (non-hydrogen) atoms. The predicted octanol–water partition coefficient (Wildman–Crippen LogP) is 2.46. The van der Waals surface area contributed by atoms with Crippen molar-refractivity contribution in [3.8, 4) is 11.3 Å². The Bertz CT molecular complexity index is 817. The highest BCUT2D eigenvalue weighted by Crippen LogP contribution is 2.36. The summed E-state index contributed by atoms with van der Waals surface area (Å²) in [5.41, 5.74) is 8.40. The molecule has 0 bridgehead atoms. The third kappa shape index (κ3) is 3.19. The summed E-state index contributed by atoms with van der Waals surface area (Å²) in [5, 5.41) is 0. The Balaban J connectivity index is 2.07. The number of aryl methyl sites for hydroxylation is 1. The maximum Gasteiger partial charge on any atom is 0.494 e.